The van der Waals surface area contributed by atoms with Crippen molar-refractivity contribution in [1.29, 1.82) is 0 Å². The van der Waals surface area contributed by atoms with Crippen molar-refractivity contribution < 1.29 is 0 Å². The van der Waals surface area contributed by atoms with E-state index in [0.717, 1.165) is 10.0 Å². The van der Waals surface area contributed by atoms with E-state index < -0.39 is 0 Å². The summed E-state index contributed by atoms with van der Waals surface area (Å²) in [5, 5.41) is 12.4. The van der Waals surface area contributed by atoms with Crippen LogP contribution in [0.15, 0.2) is 46.9 Å². The van der Waals surface area contributed by atoms with Gasteiger partial charge in [0, 0.05) is 10.2 Å². The Bertz CT molecular complexity index is 766. The molecule has 1 heterocycles. The summed E-state index contributed by atoms with van der Waals surface area (Å²) in [7, 11) is 0. The number of nitrogens with zero attached hydrogens (tertiary/aromatic N) is 4. The molecule has 106 valence electrons. The molecule has 0 spiro atoms. The summed E-state index contributed by atoms with van der Waals surface area (Å²) in [6, 6.07) is 13.2. The molecule has 7 heteroatoms. The summed E-state index contributed by atoms with van der Waals surface area (Å²) in [4.78, 5) is 0. The van der Waals surface area contributed by atoms with Crippen molar-refractivity contribution in [3.8, 4) is 11.4 Å². The molecule has 3 aromatic rings. The third-order valence-corrected chi connectivity index (χ3v) is 4.17. The summed E-state index contributed by atoms with van der Waals surface area (Å²) < 4.78 is 2.68. The van der Waals surface area contributed by atoms with Gasteiger partial charge in [0.25, 0.3) is 0 Å². The standard InChI is InChI=1S/C14H11BrClN5/c15-10-5-2-1-4-9(10)8-21-14(18-19-20-21)13-11(16)6-3-7-12(13)17/h1-7H,8,17H2. The summed E-state index contributed by atoms with van der Waals surface area (Å²) in [5.74, 6) is 0.550. The zero-order valence-corrected chi connectivity index (χ0v) is 13.2. The topological polar surface area (TPSA) is 69.6 Å². The van der Waals surface area contributed by atoms with Crippen molar-refractivity contribution in [3.63, 3.8) is 0 Å². The maximum Gasteiger partial charge on any atom is 0.185 e. The molecule has 2 aromatic carbocycles. The van der Waals surface area contributed by atoms with Crippen molar-refractivity contribution in [1.82, 2.24) is 20.2 Å². The molecule has 0 bridgehead atoms. The number of rotatable bonds is 3. The third-order valence-electron chi connectivity index (χ3n) is 3.08. The first-order valence-corrected chi connectivity index (χ1v) is 7.38. The van der Waals surface area contributed by atoms with Crippen LogP contribution in [0.4, 0.5) is 5.69 Å². The van der Waals surface area contributed by atoms with Gasteiger partial charge in [-0.25, -0.2) is 4.68 Å². The molecule has 0 aliphatic rings. The van der Waals surface area contributed by atoms with Gasteiger partial charge in [0.15, 0.2) is 5.82 Å². The summed E-state index contributed by atoms with van der Waals surface area (Å²) in [6.45, 7) is 0.522. The number of tetrazole rings is 1. The molecule has 0 amide bonds. The lowest BCUT2D eigenvalue weighted by atomic mass is 10.1. The first-order chi connectivity index (χ1) is 10.2. The molecule has 0 radical (unpaired) electrons. The zero-order valence-electron chi connectivity index (χ0n) is 10.9. The number of nitrogens with two attached hydrogens (primary N) is 1. The first-order valence-electron chi connectivity index (χ1n) is 6.21. The number of aromatic nitrogens is 4. The predicted octanol–water partition coefficient (Wildman–Crippen LogP) is 3.39. The van der Waals surface area contributed by atoms with Gasteiger partial charge < -0.3 is 5.73 Å². The predicted molar refractivity (Wildman–Crippen MR) is 85.9 cm³/mol. The van der Waals surface area contributed by atoms with Crippen LogP contribution in [0.2, 0.25) is 5.02 Å². The lowest BCUT2D eigenvalue weighted by Crippen LogP contribution is -2.06. The fourth-order valence-electron chi connectivity index (χ4n) is 2.05. The molecule has 0 fully saturated rings. The largest absolute Gasteiger partial charge is 0.398 e. The zero-order chi connectivity index (χ0) is 14.8. The van der Waals surface area contributed by atoms with Crippen LogP contribution < -0.4 is 5.73 Å². The molecule has 5 nitrogen and oxygen atoms in total. The molecular formula is C14H11BrClN5. The van der Waals surface area contributed by atoms with Crippen LogP contribution in [-0.2, 0) is 6.54 Å². The Morgan fingerprint density at radius 2 is 1.95 bits per heavy atom. The van der Waals surface area contributed by atoms with E-state index in [1.807, 2.05) is 24.3 Å². The normalized spacial score (nSPS) is 10.8. The molecular weight excluding hydrogens is 354 g/mol. The van der Waals surface area contributed by atoms with Gasteiger partial charge in [-0.1, -0.05) is 51.8 Å². The van der Waals surface area contributed by atoms with Crippen LogP contribution in [0.25, 0.3) is 11.4 Å². The average Bonchev–Trinajstić information content (AvgIpc) is 2.89. The SMILES string of the molecule is Nc1cccc(Cl)c1-c1nnnn1Cc1ccccc1Br. The van der Waals surface area contributed by atoms with Crippen molar-refractivity contribution in [3.05, 3.63) is 57.5 Å². The summed E-state index contributed by atoms with van der Waals surface area (Å²) in [5.41, 5.74) is 8.26. The highest BCUT2D eigenvalue weighted by molar-refractivity contribution is 9.10. The lowest BCUT2D eigenvalue weighted by molar-refractivity contribution is 0.652. The molecule has 3 rings (SSSR count). The molecule has 0 saturated heterocycles. The van der Waals surface area contributed by atoms with E-state index in [2.05, 4.69) is 31.5 Å². The maximum atomic E-state index is 6.23. The van der Waals surface area contributed by atoms with E-state index in [9.17, 15) is 0 Å². The van der Waals surface area contributed by atoms with Crippen LogP contribution in [-0.4, -0.2) is 20.2 Å². The number of nitrogen functional groups attached to an aromatic ring is 1. The second kappa shape index (κ2) is 5.83. The van der Waals surface area contributed by atoms with Gasteiger partial charge in [-0.05, 0) is 34.2 Å². The highest BCUT2D eigenvalue weighted by atomic mass is 79.9. The van der Waals surface area contributed by atoms with Crippen LogP contribution in [0.1, 0.15) is 5.56 Å². The Labute approximate surface area is 134 Å². The van der Waals surface area contributed by atoms with Crippen LogP contribution >= 0.6 is 27.5 Å². The molecule has 0 atom stereocenters. The minimum absolute atomic E-state index is 0.522. The lowest BCUT2D eigenvalue weighted by Gasteiger charge is -2.09. The van der Waals surface area contributed by atoms with Gasteiger partial charge in [-0.15, -0.1) is 5.10 Å². The number of anilines is 1. The van der Waals surface area contributed by atoms with E-state index in [1.54, 1.807) is 22.9 Å². The Hall–Kier alpha value is -1.92. The Morgan fingerprint density at radius 1 is 1.14 bits per heavy atom. The number of hydrogen-bond acceptors (Lipinski definition) is 4. The van der Waals surface area contributed by atoms with Gasteiger partial charge in [0.2, 0.25) is 0 Å². The van der Waals surface area contributed by atoms with E-state index in [-0.39, 0.29) is 0 Å². The average molecular weight is 365 g/mol. The summed E-state index contributed by atoms with van der Waals surface area (Å²) in [6.07, 6.45) is 0. The minimum Gasteiger partial charge on any atom is -0.398 e. The highest BCUT2D eigenvalue weighted by Gasteiger charge is 2.16. The second-order valence-corrected chi connectivity index (χ2v) is 5.72. The second-order valence-electron chi connectivity index (χ2n) is 4.46. The van der Waals surface area contributed by atoms with Crippen molar-refractivity contribution in [2.75, 3.05) is 5.73 Å². The molecule has 0 saturated carbocycles. The smallest absolute Gasteiger partial charge is 0.185 e. The Kier molecular flexibility index (Phi) is 3.90. The monoisotopic (exact) mass is 363 g/mol. The number of halogens is 2. The van der Waals surface area contributed by atoms with Gasteiger partial charge in [-0.2, -0.15) is 0 Å². The fourth-order valence-corrected chi connectivity index (χ4v) is 2.73. The van der Waals surface area contributed by atoms with Gasteiger partial charge >= 0.3 is 0 Å². The van der Waals surface area contributed by atoms with E-state index in [1.165, 1.54) is 0 Å². The van der Waals surface area contributed by atoms with Crippen LogP contribution in [0, 0.1) is 0 Å². The summed E-state index contributed by atoms with van der Waals surface area (Å²) >= 11 is 9.75. The van der Waals surface area contributed by atoms with Crippen molar-refractivity contribution in [2.45, 2.75) is 6.54 Å². The van der Waals surface area contributed by atoms with Gasteiger partial charge in [-0.3, -0.25) is 0 Å². The number of hydrogen-bond donors (Lipinski definition) is 1. The third kappa shape index (κ3) is 2.77. The molecule has 1 aromatic heterocycles. The van der Waals surface area contributed by atoms with Gasteiger partial charge in [0.05, 0.1) is 17.1 Å². The highest BCUT2D eigenvalue weighted by Crippen LogP contribution is 2.31. The van der Waals surface area contributed by atoms with Gasteiger partial charge in [0.1, 0.15) is 0 Å². The molecule has 0 aliphatic heterocycles. The van der Waals surface area contributed by atoms with Crippen molar-refractivity contribution in [2.24, 2.45) is 0 Å². The molecule has 21 heavy (non-hydrogen) atoms. The fraction of sp³-hybridized carbons (Fsp3) is 0.0714. The Morgan fingerprint density at radius 3 is 2.71 bits per heavy atom. The van der Waals surface area contributed by atoms with Crippen LogP contribution in [0.5, 0.6) is 0 Å². The molecule has 2 N–H and O–H groups in total. The molecule has 0 unspecified atom stereocenters. The molecule has 0 aliphatic carbocycles. The van der Waals surface area contributed by atoms with Crippen molar-refractivity contribution >= 4 is 33.2 Å². The van der Waals surface area contributed by atoms with E-state index in [4.69, 9.17) is 17.3 Å². The quantitative estimate of drug-likeness (QED) is 0.723. The Balaban J connectivity index is 2.04. The van der Waals surface area contributed by atoms with E-state index >= 15 is 0 Å². The maximum absolute atomic E-state index is 6.23. The number of benzene rings is 2. The first kappa shape index (κ1) is 14.0. The minimum atomic E-state index is 0.522. The van der Waals surface area contributed by atoms with E-state index in [0.29, 0.717) is 28.6 Å². The van der Waals surface area contributed by atoms with Crippen LogP contribution in [0.3, 0.4) is 0 Å².